The fourth-order valence-electron chi connectivity index (χ4n) is 1.39. The Bertz CT molecular complexity index is 365. The van der Waals surface area contributed by atoms with Crippen LogP contribution in [-0.2, 0) is 20.9 Å². The van der Waals surface area contributed by atoms with Crippen molar-refractivity contribution in [3.05, 3.63) is 34.3 Å². The van der Waals surface area contributed by atoms with Crippen LogP contribution in [0.4, 0.5) is 0 Å². The van der Waals surface area contributed by atoms with E-state index in [1.165, 1.54) is 0 Å². The zero-order valence-corrected chi connectivity index (χ0v) is 11.7. The molecule has 1 unspecified atom stereocenters. The summed E-state index contributed by atoms with van der Waals surface area (Å²) in [6.07, 6.45) is 0.130. The van der Waals surface area contributed by atoms with E-state index in [9.17, 15) is 4.79 Å². The Labute approximate surface area is 110 Å². The number of hydrogen-bond acceptors (Lipinski definition) is 3. The van der Waals surface area contributed by atoms with Crippen molar-refractivity contribution >= 4 is 21.9 Å². The summed E-state index contributed by atoms with van der Waals surface area (Å²) in [4.78, 5) is 11.5. The molecule has 0 fully saturated rings. The molecule has 0 aliphatic heterocycles. The van der Waals surface area contributed by atoms with Gasteiger partial charge < -0.3 is 9.47 Å². The molecule has 0 aromatic heterocycles. The van der Waals surface area contributed by atoms with Crippen molar-refractivity contribution in [3.8, 4) is 0 Å². The Morgan fingerprint density at radius 3 is 2.65 bits per heavy atom. The molecule has 0 spiro atoms. The Balaban J connectivity index is 2.53. The van der Waals surface area contributed by atoms with Crippen LogP contribution in [0.5, 0.6) is 0 Å². The first-order valence-corrected chi connectivity index (χ1v) is 6.50. The van der Waals surface area contributed by atoms with E-state index in [-0.39, 0.29) is 5.97 Å². The van der Waals surface area contributed by atoms with Crippen molar-refractivity contribution < 1.29 is 14.3 Å². The first kappa shape index (κ1) is 14.2. The van der Waals surface area contributed by atoms with Crippen LogP contribution in [0.3, 0.4) is 0 Å². The van der Waals surface area contributed by atoms with E-state index in [0.717, 1.165) is 10.0 Å². The first-order valence-electron chi connectivity index (χ1n) is 5.70. The maximum atomic E-state index is 11.5. The highest BCUT2D eigenvalue weighted by molar-refractivity contribution is 9.10. The second kappa shape index (κ2) is 7.45. The third-order valence-corrected chi connectivity index (χ3v) is 3.09. The minimum absolute atomic E-state index is 0.290. The Morgan fingerprint density at radius 2 is 2.06 bits per heavy atom. The van der Waals surface area contributed by atoms with Gasteiger partial charge in [0.05, 0.1) is 13.2 Å². The molecule has 0 amide bonds. The van der Waals surface area contributed by atoms with Gasteiger partial charge in [0.1, 0.15) is 0 Å². The molecular weight excluding hydrogens is 284 g/mol. The van der Waals surface area contributed by atoms with Gasteiger partial charge in [-0.3, -0.25) is 0 Å². The van der Waals surface area contributed by atoms with Gasteiger partial charge in [-0.25, -0.2) is 4.79 Å². The zero-order valence-electron chi connectivity index (χ0n) is 10.1. The molecule has 0 bridgehead atoms. The number of esters is 1. The average molecular weight is 301 g/mol. The van der Waals surface area contributed by atoms with Gasteiger partial charge in [-0.1, -0.05) is 41.1 Å². The molecule has 3 nitrogen and oxygen atoms in total. The SMILES string of the molecule is CCOC(=O)C(CC)OCc1ccccc1Br. The first-order chi connectivity index (χ1) is 8.19. The largest absolute Gasteiger partial charge is 0.464 e. The third-order valence-electron chi connectivity index (χ3n) is 2.32. The molecule has 1 atom stereocenters. The zero-order chi connectivity index (χ0) is 12.7. The lowest BCUT2D eigenvalue weighted by atomic mass is 10.2. The number of carbonyl (C=O) groups is 1. The van der Waals surface area contributed by atoms with Crippen molar-refractivity contribution in [2.75, 3.05) is 6.61 Å². The number of benzene rings is 1. The highest BCUT2D eigenvalue weighted by Crippen LogP contribution is 2.17. The van der Waals surface area contributed by atoms with E-state index < -0.39 is 6.10 Å². The standard InChI is InChI=1S/C13H17BrO3/c1-3-12(13(15)16-4-2)17-9-10-7-5-6-8-11(10)14/h5-8,12H,3-4,9H2,1-2H3. The van der Waals surface area contributed by atoms with Crippen LogP contribution < -0.4 is 0 Å². The number of carbonyl (C=O) groups excluding carboxylic acids is 1. The van der Waals surface area contributed by atoms with Gasteiger partial charge in [0, 0.05) is 4.47 Å². The van der Waals surface area contributed by atoms with E-state index in [1.807, 2.05) is 31.2 Å². The minimum atomic E-state index is -0.484. The number of ether oxygens (including phenoxy) is 2. The van der Waals surface area contributed by atoms with Crippen LogP contribution in [0, 0.1) is 0 Å². The molecule has 0 radical (unpaired) electrons. The lowest BCUT2D eigenvalue weighted by molar-refractivity contribution is -0.157. The second-order valence-electron chi connectivity index (χ2n) is 3.55. The summed E-state index contributed by atoms with van der Waals surface area (Å²) in [5, 5.41) is 0. The molecule has 0 saturated carbocycles. The Hall–Kier alpha value is -0.870. The van der Waals surface area contributed by atoms with Crippen LogP contribution >= 0.6 is 15.9 Å². The minimum Gasteiger partial charge on any atom is -0.464 e. The molecule has 0 heterocycles. The molecule has 1 rings (SSSR count). The van der Waals surface area contributed by atoms with Gasteiger partial charge in [-0.2, -0.15) is 0 Å². The summed E-state index contributed by atoms with van der Waals surface area (Å²) in [5.74, 6) is -0.290. The average Bonchev–Trinajstić information content (AvgIpc) is 2.32. The van der Waals surface area contributed by atoms with E-state index in [4.69, 9.17) is 9.47 Å². The maximum Gasteiger partial charge on any atom is 0.335 e. The molecule has 1 aromatic rings. The molecular formula is C13H17BrO3. The van der Waals surface area contributed by atoms with Gasteiger partial charge in [0.25, 0.3) is 0 Å². The third kappa shape index (κ3) is 4.48. The van der Waals surface area contributed by atoms with Gasteiger partial charge in [0.2, 0.25) is 0 Å². The van der Waals surface area contributed by atoms with Crippen molar-refractivity contribution in [1.29, 1.82) is 0 Å². The molecule has 0 aliphatic rings. The molecule has 94 valence electrons. The smallest absolute Gasteiger partial charge is 0.335 e. The summed E-state index contributed by atoms with van der Waals surface area (Å²) in [6, 6.07) is 7.79. The highest BCUT2D eigenvalue weighted by Gasteiger charge is 2.18. The van der Waals surface area contributed by atoms with Gasteiger partial charge in [0.15, 0.2) is 6.10 Å². The topological polar surface area (TPSA) is 35.5 Å². The van der Waals surface area contributed by atoms with E-state index >= 15 is 0 Å². The summed E-state index contributed by atoms with van der Waals surface area (Å²) in [6.45, 7) is 4.48. The number of hydrogen-bond donors (Lipinski definition) is 0. The molecule has 0 aliphatic carbocycles. The van der Waals surface area contributed by atoms with Crippen LogP contribution in [-0.4, -0.2) is 18.7 Å². The normalized spacial score (nSPS) is 12.2. The van der Waals surface area contributed by atoms with Crippen molar-refractivity contribution in [2.24, 2.45) is 0 Å². The van der Waals surface area contributed by atoms with Crippen molar-refractivity contribution in [1.82, 2.24) is 0 Å². The maximum absolute atomic E-state index is 11.5. The summed E-state index contributed by atoms with van der Waals surface area (Å²) < 4.78 is 11.5. The summed E-state index contributed by atoms with van der Waals surface area (Å²) >= 11 is 3.44. The molecule has 4 heteroatoms. The van der Waals surface area contributed by atoms with E-state index in [2.05, 4.69) is 15.9 Å². The lowest BCUT2D eigenvalue weighted by Gasteiger charge is -2.15. The predicted molar refractivity (Wildman–Crippen MR) is 69.6 cm³/mol. The Kier molecular flexibility index (Phi) is 6.22. The fourth-order valence-corrected chi connectivity index (χ4v) is 1.79. The van der Waals surface area contributed by atoms with E-state index in [1.54, 1.807) is 6.92 Å². The molecule has 1 aromatic carbocycles. The number of halogens is 1. The van der Waals surface area contributed by atoms with Crippen molar-refractivity contribution in [3.63, 3.8) is 0 Å². The van der Waals surface area contributed by atoms with Crippen LogP contribution in [0.1, 0.15) is 25.8 Å². The lowest BCUT2D eigenvalue weighted by Crippen LogP contribution is -2.25. The van der Waals surface area contributed by atoms with Gasteiger partial charge in [-0.05, 0) is 25.0 Å². The number of rotatable bonds is 6. The van der Waals surface area contributed by atoms with Gasteiger partial charge >= 0.3 is 5.97 Å². The molecule has 17 heavy (non-hydrogen) atoms. The predicted octanol–water partition coefficient (Wildman–Crippen LogP) is 3.31. The summed E-state index contributed by atoms with van der Waals surface area (Å²) in [5.41, 5.74) is 1.02. The van der Waals surface area contributed by atoms with Crippen LogP contribution in [0.25, 0.3) is 0 Å². The molecule has 0 saturated heterocycles. The van der Waals surface area contributed by atoms with Crippen LogP contribution in [0.2, 0.25) is 0 Å². The summed E-state index contributed by atoms with van der Waals surface area (Å²) in [7, 11) is 0. The van der Waals surface area contributed by atoms with Crippen molar-refractivity contribution in [2.45, 2.75) is 33.0 Å². The molecule has 0 N–H and O–H groups in total. The second-order valence-corrected chi connectivity index (χ2v) is 4.41. The van der Waals surface area contributed by atoms with Gasteiger partial charge in [-0.15, -0.1) is 0 Å². The quantitative estimate of drug-likeness (QED) is 0.756. The van der Waals surface area contributed by atoms with Crippen LogP contribution in [0.15, 0.2) is 28.7 Å². The van der Waals surface area contributed by atoms with E-state index in [0.29, 0.717) is 19.6 Å². The monoisotopic (exact) mass is 300 g/mol. The highest BCUT2D eigenvalue weighted by atomic mass is 79.9. The fraction of sp³-hybridized carbons (Fsp3) is 0.462. The Morgan fingerprint density at radius 1 is 1.35 bits per heavy atom.